The van der Waals surface area contributed by atoms with Crippen LogP contribution in [0, 0.1) is 11.8 Å². The number of aliphatic hydroxyl groups excluding tert-OH is 1. The van der Waals surface area contributed by atoms with Crippen LogP contribution in [-0.2, 0) is 5.60 Å². The van der Waals surface area contributed by atoms with Gasteiger partial charge in [-0.2, -0.15) is 0 Å². The van der Waals surface area contributed by atoms with E-state index in [4.69, 9.17) is 11.6 Å². The molecule has 3 atom stereocenters. The largest absolute Gasteiger partial charge is 0.396 e. The van der Waals surface area contributed by atoms with Crippen molar-refractivity contribution in [3.63, 3.8) is 0 Å². The second-order valence-corrected chi connectivity index (χ2v) is 10.4. The van der Waals surface area contributed by atoms with Crippen molar-refractivity contribution >= 4 is 17.6 Å². The minimum Gasteiger partial charge on any atom is -0.396 e. The standard InChI is InChI=1S/C26H42ClN3O3/c1-28-18-24(16-20-8-3-2-4-9-20)29-25(32)30-14-6-11-22(19-30)26(33,13-7-15-31)21-10-5-12-23(27)17-21/h5,10,12,17,20,22,24,28,31,33H,2-4,6-9,11,13-16,18-19H2,1H3,(H,29,32)/t22?,24?,26-/m1/s1. The fourth-order valence-corrected chi connectivity index (χ4v) is 5.96. The van der Waals surface area contributed by atoms with E-state index >= 15 is 0 Å². The molecule has 1 aromatic carbocycles. The number of likely N-dealkylation sites (tertiary alicyclic amines) is 1. The second-order valence-electron chi connectivity index (χ2n) is 9.99. The van der Waals surface area contributed by atoms with Gasteiger partial charge in [0.15, 0.2) is 0 Å². The smallest absolute Gasteiger partial charge is 0.317 e. The van der Waals surface area contributed by atoms with Crippen LogP contribution >= 0.6 is 11.6 Å². The third-order valence-corrected chi connectivity index (χ3v) is 7.78. The number of piperidine rings is 1. The number of aliphatic hydroxyl groups is 2. The number of halogens is 1. The first-order valence-corrected chi connectivity index (χ1v) is 13.1. The van der Waals surface area contributed by atoms with Gasteiger partial charge in [0.2, 0.25) is 0 Å². The van der Waals surface area contributed by atoms with Crippen LogP contribution in [0.25, 0.3) is 0 Å². The Balaban J connectivity index is 1.68. The summed E-state index contributed by atoms with van der Waals surface area (Å²) in [6, 6.07) is 7.44. The van der Waals surface area contributed by atoms with Gasteiger partial charge in [-0.25, -0.2) is 4.79 Å². The second kappa shape index (κ2) is 12.9. The van der Waals surface area contributed by atoms with Crippen LogP contribution < -0.4 is 10.6 Å². The molecular weight excluding hydrogens is 438 g/mol. The molecule has 0 aromatic heterocycles. The molecule has 0 spiro atoms. The highest BCUT2D eigenvalue weighted by Gasteiger charge is 2.41. The van der Waals surface area contributed by atoms with Gasteiger partial charge in [-0.3, -0.25) is 0 Å². The van der Waals surface area contributed by atoms with Crippen molar-refractivity contribution in [3.05, 3.63) is 34.9 Å². The van der Waals surface area contributed by atoms with Crippen LogP contribution in [0.15, 0.2) is 24.3 Å². The van der Waals surface area contributed by atoms with Gasteiger partial charge in [-0.15, -0.1) is 0 Å². The Hall–Kier alpha value is -1.34. The van der Waals surface area contributed by atoms with Gasteiger partial charge in [0.1, 0.15) is 0 Å². The number of nitrogens with zero attached hydrogens (tertiary/aromatic N) is 1. The fourth-order valence-electron chi connectivity index (χ4n) is 5.77. The number of likely N-dealkylation sites (N-methyl/N-ethyl adjacent to an activating group) is 1. The molecule has 1 aromatic rings. The summed E-state index contributed by atoms with van der Waals surface area (Å²) in [4.78, 5) is 15.1. The lowest BCUT2D eigenvalue weighted by Gasteiger charge is -2.43. The van der Waals surface area contributed by atoms with Crippen LogP contribution in [0.5, 0.6) is 0 Å². The SMILES string of the molecule is CNCC(CC1CCCCC1)NC(=O)N1CCCC([C@@](O)(CCCO)c2cccc(Cl)c2)C1. The predicted molar refractivity (Wildman–Crippen MR) is 133 cm³/mol. The van der Waals surface area contributed by atoms with E-state index in [1.54, 1.807) is 6.07 Å². The summed E-state index contributed by atoms with van der Waals surface area (Å²) in [7, 11) is 1.93. The van der Waals surface area contributed by atoms with Crippen molar-refractivity contribution in [1.29, 1.82) is 0 Å². The van der Waals surface area contributed by atoms with Crippen LogP contribution in [0.1, 0.15) is 69.8 Å². The number of urea groups is 1. The molecular formula is C26H42ClN3O3. The van der Waals surface area contributed by atoms with Crippen molar-refractivity contribution in [1.82, 2.24) is 15.5 Å². The van der Waals surface area contributed by atoms with Crippen LogP contribution in [0.2, 0.25) is 5.02 Å². The third-order valence-electron chi connectivity index (χ3n) is 7.55. The van der Waals surface area contributed by atoms with Crippen LogP contribution in [0.3, 0.4) is 0 Å². The van der Waals surface area contributed by atoms with E-state index in [1.807, 2.05) is 30.1 Å². The number of amides is 2. The van der Waals surface area contributed by atoms with E-state index in [2.05, 4.69) is 10.6 Å². The molecule has 186 valence electrons. The van der Waals surface area contributed by atoms with Gasteiger partial charge in [0.05, 0.1) is 5.60 Å². The Morgan fingerprint density at radius 2 is 2.03 bits per heavy atom. The predicted octanol–water partition coefficient (Wildman–Crippen LogP) is 4.28. The molecule has 2 aliphatic rings. The van der Waals surface area contributed by atoms with E-state index in [0.29, 0.717) is 36.9 Å². The normalized spacial score (nSPS) is 22.5. The van der Waals surface area contributed by atoms with Crippen LogP contribution in [-0.4, -0.2) is 60.5 Å². The van der Waals surface area contributed by atoms with Gasteiger partial charge in [-0.05, 0) is 62.8 Å². The average molecular weight is 480 g/mol. The zero-order valence-electron chi connectivity index (χ0n) is 20.1. The van der Waals surface area contributed by atoms with Crippen molar-refractivity contribution < 1.29 is 15.0 Å². The van der Waals surface area contributed by atoms with Crippen molar-refractivity contribution in [3.8, 4) is 0 Å². The summed E-state index contributed by atoms with van der Waals surface area (Å²) >= 11 is 6.23. The molecule has 2 unspecified atom stereocenters. The maximum atomic E-state index is 13.2. The topological polar surface area (TPSA) is 84.8 Å². The zero-order chi connectivity index (χ0) is 23.7. The Morgan fingerprint density at radius 1 is 1.24 bits per heavy atom. The van der Waals surface area contributed by atoms with Gasteiger partial charge in [0, 0.05) is 43.2 Å². The minimum atomic E-state index is -1.13. The molecule has 0 bridgehead atoms. The Kier molecular flexibility index (Phi) is 10.3. The molecule has 4 N–H and O–H groups in total. The first-order chi connectivity index (χ1) is 16.0. The molecule has 1 aliphatic heterocycles. The quantitative estimate of drug-likeness (QED) is 0.403. The van der Waals surface area contributed by atoms with E-state index in [-0.39, 0.29) is 24.6 Å². The number of nitrogens with one attached hydrogen (secondary N) is 2. The fraction of sp³-hybridized carbons (Fsp3) is 0.731. The molecule has 1 heterocycles. The van der Waals surface area contributed by atoms with Gasteiger partial charge >= 0.3 is 6.03 Å². The highest BCUT2D eigenvalue weighted by Crippen LogP contribution is 2.40. The van der Waals surface area contributed by atoms with E-state index in [9.17, 15) is 15.0 Å². The number of rotatable bonds is 10. The number of hydrogen-bond donors (Lipinski definition) is 4. The van der Waals surface area contributed by atoms with Crippen molar-refractivity contribution in [2.45, 2.75) is 75.9 Å². The first-order valence-electron chi connectivity index (χ1n) is 12.8. The van der Waals surface area contributed by atoms with Gasteiger partial charge in [-0.1, -0.05) is 55.8 Å². The van der Waals surface area contributed by atoms with E-state index in [0.717, 1.165) is 31.4 Å². The number of carbonyl (C=O) groups is 1. The molecule has 2 amide bonds. The van der Waals surface area contributed by atoms with Crippen LogP contribution in [0.4, 0.5) is 4.79 Å². The monoisotopic (exact) mass is 479 g/mol. The van der Waals surface area contributed by atoms with Gasteiger partial charge < -0.3 is 25.7 Å². The molecule has 1 saturated heterocycles. The molecule has 7 heteroatoms. The summed E-state index contributed by atoms with van der Waals surface area (Å²) in [5, 5.41) is 28.3. The summed E-state index contributed by atoms with van der Waals surface area (Å²) in [6.07, 6.45) is 10.1. The lowest BCUT2D eigenvalue weighted by molar-refractivity contribution is -0.0576. The summed E-state index contributed by atoms with van der Waals surface area (Å²) in [5.41, 5.74) is -0.361. The molecule has 3 rings (SSSR count). The number of carbonyl (C=O) groups excluding carboxylic acids is 1. The average Bonchev–Trinajstić information content (AvgIpc) is 2.83. The molecule has 1 saturated carbocycles. The van der Waals surface area contributed by atoms with Crippen molar-refractivity contribution in [2.75, 3.05) is 33.3 Å². The maximum absolute atomic E-state index is 13.2. The van der Waals surface area contributed by atoms with Crippen molar-refractivity contribution in [2.24, 2.45) is 11.8 Å². The highest BCUT2D eigenvalue weighted by atomic mass is 35.5. The molecule has 6 nitrogen and oxygen atoms in total. The Morgan fingerprint density at radius 3 is 2.73 bits per heavy atom. The lowest BCUT2D eigenvalue weighted by Crippen LogP contribution is -2.54. The zero-order valence-corrected chi connectivity index (χ0v) is 20.8. The first kappa shape index (κ1) is 26.3. The maximum Gasteiger partial charge on any atom is 0.317 e. The summed E-state index contributed by atoms with van der Waals surface area (Å²) in [5.74, 6) is 0.584. The van der Waals surface area contributed by atoms with E-state index in [1.165, 1.54) is 32.1 Å². The summed E-state index contributed by atoms with van der Waals surface area (Å²) < 4.78 is 0. The Labute approximate surface area is 204 Å². The third kappa shape index (κ3) is 7.32. The number of hydrogen-bond acceptors (Lipinski definition) is 4. The van der Waals surface area contributed by atoms with Gasteiger partial charge in [0.25, 0.3) is 0 Å². The molecule has 2 fully saturated rings. The summed E-state index contributed by atoms with van der Waals surface area (Å²) in [6.45, 7) is 1.98. The molecule has 33 heavy (non-hydrogen) atoms. The number of benzene rings is 1. The lowest BCUT2D eigenvalue weighted by atomic mass is 9.74. The Bertz CT molecular complexity index is 743. The molecule has 1 aliphatic carbocycles. The van der Waals surface area contributed by atoms with E-state index < -0.39 is 5.60 Å². The minimum absolute atomic E-state index is 0.0205. The highest BCUT2D eigenvalue weighted by molar-refractivity contribution is 6.30. The molecule has 0 radical (unpaired) electrons.